The number of aromatic amines is 1. The van der Waals surface area contributed by atoms with Gasteiger partial charge in [-0.05, 0) is 19.8 Å². The van der Waals surface area contributed by atoms with Crippen LogP contribution in [0, 0.1) is 0 Å². The summed E-state index contributed by atoms with van der Waals surface area (Å²) in [6.07, 6.45) is 1.68. The van der Waals surface area contributed by atoms with Gasteiger partial charge in [0, 0.05) is 12.2 Å². The molecule has 1 aliphatic heterocycles. The minimum Gasteiger partial charge on any atom is -0.365 e. The molecule has 1 saturated heterocycles. The van der Waals surface area contributed by atoms with Gasteiger partial charge in [-0.1, -0.05) is 30.3 Å². The molecule has 2 heterocycles. The summed E-state index contributed by atoms with van der Waals surface area (Å²) in [6, 6.07) is 9.70. The van der Waals surface area contributed by atoms with Gasteiger partial charge >= 0.3 is 0 Å². The maximum atomic E-state index is 12.1. The molecule has 2 aromatic rings. The molecule has 6 nitrogen and oxygen atoms in total. The van der Waals surface area contributed by atoms with Crippen LogP contribution in [0.25, 0.3) is 11.4 Å². The Kier molecular flexibility index (Phi) is 3.70. The number of ether oxygens (including phenoxy) is 1. The highest BCUT2D eigenvalue weighted by atomic mass is 16.5. The Morgan fingerprint density at radius 2 is 2.24 bits per heavy atom. The highest BCUT2D eigenvalue weighted by molar-refractivity contribution is 5.84. The Balaban J connectivity index is 1.62. The Bertz CT molecular complexity index is 618. The van der Waals surface area contributed by atoms with Crippen molar-refractivity contribution < 1.29 is 9.53 Å². The SMILES string of the molecule is C[C@]1(C(=O)NCc2nc(-c3ccccc3)n[nH]2)CCCO1. The summed E-state index contributed by atoms with van der Waals surface area (Å²) in [4.78, 5) is 16.5. The van der Waals surface area contributed by atoms with Crippen LogP contribution in [0.2, 0.25) is 0 Å². The van der Waals surface area contributed by atoms with Crippen LogP contribution < -0.4 is 5.32 Å². The first-order valence-electron chi connectivity index (χ1n) is 7.06. The Labute approximate surface area is 122 Å². The number of rotatable bonds is 4. The van der Waals surface area contributed by atoms with Gasteiger partial charge in [-0.3, -0.25) is 9.89 Å². The topological polar surface area (TPSA) is 79.9 Å². The minimum absolute atomic E-state index is 0.0994. The quantitative estimate of drug-likeness (QED) is 0.895. The van der Waals surface area contributed by atoms with E-state index in [2.05, 4.69) is 20.5 Å². The summed E-state index contributed by atoms with van der Waals surface area (Å²) in [5.74, 6) is 1.16. The number of nitrogens with zero attached hydrogens (tertiary/aromatic N) is 2. The number of benzene rings is 1. The van der Waals surface area contributed by atoms with Crippen LogP contribution >= 0.6 is 0 Å². The lowest BCUT2D eigenvalue weighted by atomic mass is 10.0. The highest BCUT2D eigenvalue weighted by Crippen LogP contribution is 2.25. The molecule has 0 unspecified atom stereocenters. The maximum absolute atomic E-state index is 12.1. The summed E-state index contributed by atoms with van der Waals surface area (Å²) in [5.41, 5.74) is 0.236. The van der Waals surface area contributed by atoms with Crippen molar-refractivity contribution in [2.75, 3.05) is 6.61 Å². The number of carbonyl (C=O) groups excluding carboxylic acids is 1. The molecule has 1 amide bonds. The first kappa shape index (κ1) is 13.8. The fourth-order valence-corrected chi connectivity index (χ4v) is 2.40. The van der Waals surface area contributed by atoms with E-state index in [9.17, 15) is 4.79 Å². The molecule has 1 atom stereocenters. The molecular weight excluding hydrogens is 268 g/mol. The Hall–Kier alpha value is -2.21. The van der Waals surface area contributed by atoms with Gasteiger partial charge in [0.25, 0.3) is 5.91 Å². The van der Waals surface area contributed by atoms with Crippen molar-refractivity contribution in [1.82, 2.24) is 20.5 Å². The van der Waals surface area contributed by atoms with E-state index in [-0.39, 0.29) is 5.91 Å². The third kappa shape index (κ3) is 2.95. The molecule has 1 aromatic heterocycles. The summed E-state index contributed by atoms with van der Waals surface area (Å²) in [6.45, 7) is 2.78. The van der Waals surface area contributed by atoms with Crippen molar-refractivity contribution in [3.8, 4) is 11.4 Å². The average Bonchev–Trinajstić information content (AvgIpc) is 3.15. The summed E-state index contributed by atoms with van der Waals surface area (Å²) >= 11 is 0. The number of aromatic nitrogens is 3. The molecular formula is C15H18N4O2. The Morgan fingerprint density at radius 1 is 1.43 bits per heavy atom. The zero-order valence-corrected chi connectivity index (χ0v) is 11.9. The van der Waals surface area contributed by atoms with Crippen LogP contribution in [0.4, 0.5) is 0 Å². The lowest BCUT2D eigenvalue weighted by Crippen LogP contribution is -2.43. The van der Waals surface area contributed by atoms with Gasteiger partial charge < -0.3 is 10.1 Å². The van der Waals surface area contributed by atoms with Crippen molar-refractivity contribution >= 4 is 5.91 Å². The molecule has 2 N–H and O–H groups in total. The number of carbonyl (C=O) groups is 1. The van der Waals surface area contributed by atoms with Crippen LogP contribution in [0.3, 0.4) is 0 Å². The third-order valence-corrected chi connectivity index (χ3v) is 3.68. The molecule has 0 spiro atoms. The molecule has 1 aliphatic rings. The van der Waals surface area contributed by atoms with E-state index in [0.29, 0.717) is 24.8 Å². The zero-order chi connectivity index (χ0) is 14.7. The van der Waals surface area contributed by atoms with Crippen LogP contribution in [-0.4, -0.2) is 33.3 Å². The second-order valence-electron chi connectivity index (χ2n) is 5.34. The highest BCUT2D eigenvalue weighted by Gasteiger charge is 2.37. The Morgan fingerprint density at radius 3 is 2.95 bits per heavy atom. The monoisotopic (exact) mass is 286 g/mol. The molecule has 3 rings (SSSR count). The van der Waals surface area contributed by atoms with Gasteiger partial charge in [-0.2, -0.15) is 5.10 Å². The largest absolute Gasteiger partial charge is 0.365 e. The van der Waals surface area contributed by atoms with Gasteiger partial charge in [0.2, 0.25) is 0 Å². The van der Waals surface area contributed by atoms with Crippen LogP contribution in [0.1, 0.15) is 25.6 Å². The number of hydrogen-bond donors (Lipinski definition) is 2. The average molecular weight is 286 g/mol. The molecule has 0 radical (unpaired) electrons. The summed E-state index contributed by atoms with van der Waals surface area (Å²) in [5, 5.41) is 9.86. The predicted molar refractivity (Wildman–Crippen MR) is 77.3 cm³/mol. The van der Waals surface area contributed by atoms with Gasteiger partial charge in [-0.25, -0.2) is 4.98 Å². The number of hydrogen-bond acceptors (Lipinski definition) is 4. The van der Waals surface area contributed by atoms with E-state index in [4.69, 9.17) is 4.74 Å². The lowest BCUT2D eigenvalue weighted by molar-refractivity contribution is -0.139. The molecule has 6 heteroatoms. The third-order valence-electron chi connectivity index (χ3n) is 3.68. The van der Waals surface area contributed by atoms with Crippen molar-refractivity contribution in [2.45, 2.75) is 31.9 Å². The molecule has 1 aromatic carbocycles. The van der Waals surface area contributed by atoms with E-state index in [0.717, 1.165) is 18.4 Å². The molecule has 1 fully saturated rings. The smallest absolute Gasteiger partial charge is 0.252 e. The molecule has 0 saturated carbocycles. The molecule has 0 bridgehead atoms. The standard InChI is InChI=1S/C15H18N4O2/c1-15(8-5-9-21-15)14(20)16-10-12-17-13(19-18-12)11-6-3-2-4-7-11/h2-4,6-7H,5,8-10H2,1H3,(H,16,20)(H,17,18,19)/t15-/m1/s1. The van der Waals surface area contributed by atoms with Crippen molar-refractivity contribution in [3.63, 3.8) is 0 Å². The second kappa shape index (κ2) is 5.65. The fourth-order valence-electron chi connectivity index (χ4n) is 2.40. The van der Waals surface area contributed by atoms with E-state index in [1.54, 1.807) is 0 Å². The van der Waals surface area contributed by atoms with Crippen molar-refractivity contribution in [2.24, 2.45) is 0 Å². The van der Waals surface area contributed by atoms with Gasteiger partial charge in [-0.15, -0.1) is 0 Å². The molecule has 110 valence electrons. The minimum atomic E-state index is -0.706. The van der Waals surface area contributed by atoms with Crippen LogP contribution in [-0.2, 0) is 16.1 Å². The van der Waals surface area contributed by atoms with E-state index < -0.39 is 5.60 Å². The lowest BCUT2D eigenvalue weighted by Gasteiger charge is -2.21. The second-order valence-corrected chi connectivity index (χ2v) is 5.34. The van der Waals surface area contributed by atoms with E-state index in [1.807, 2.05) is 37.3 Å². The van der Waals surface area contributed by atoms with Gasteiger partial charge in [0.05, 0.1) is 6.54 Å². The number of H-pyrrole nitrogens is 1. The van der Waals surface area contributed by atoms with Crippen LogP contribution in [0.15, 0.2) is 30.3 Å². The van der Waals surface area contributed by atoms with Crippen LogP contribution in [0.5, 0.6) is 0 Å². The predicted octanol–water partition coefficient (Wildman–Crippen LogP) is 1.66. The molecule has 0 aliphatic carbocycles. The molecule has 21 heavy (non-hydrogen) atoms. The van der Waals surface area contributed by atoms with Gasteiger partial charge in [0.1, 0.15) is 11.4 Å². The van der Waals surface area contributed by atoms with E-state index >= 15 is 0 Å². The summed E-state index contributed by atoms with van der Waals surface area (Å²) < 4.78 is 5.51. The zero-order valence-electron chi connectivity index (χ0n) is 11.9. The maximum Gasteiger partial charge on any atom is 0.252 e. The first-order valence-corrected chi connectivity index (χ1v) is 7.06. The van der Waals surface area contributed by atoms with Crippen molar-refractivity contribution in [1.29, 1.82) is 0 Å². The van der Waals surface area contributed by atoms with Gasteiger partial charge in [0.15, 0.2) is 5.82 Å². The normalized spacial score (nSPS) is 21.4. The summed E-state index contributed by atoms with van der Waals surface area (Å²) in [7, 11) is 0. The van der Waals surface area contributed by atoms with Crippen molar-refractivity contribution in [3.05, 3.63) is 36.2 Å². The number of nitrogens with one attached hydrogen (secondary N) is 2. The van der Waals surface area contributed by atoms with E-state index in [1.165, 1.54) is 0 Å². The fraction of sp³-hybridized carbons (Fsp3) is 0.400. The first-order chi connectivity index (χ1) is 10.2. The number of amides is 1.